The molecule has 0 spiro atoms. The number of fused-ring (bicyclic) bond motifs is 1. The first-order valence-electron chi connectivity index (χ1n) is 8.14. The second kappa shape index (κ2) is 7.51. The zero-order chi connectivity index (χ0) is 21.3. The molecule has 0 saturated heterocycles. The van der Waals surface area contributed by atoms with Crippen molar-refractivity contribution in [2.75, 3.05) is 5.73 Å². The monoisotopic (exact) mass is 396 g/mol. The number of primary amides is 1. The molecule has 2 atom stereocenters. The minimum absolute atomic E-state index is 0.0516. The van der Waals surface area contributed by atoms with Crippen molar-refractivity contribution in [1.82, 2.24) is 0 Å². The van der Waals surface area contributed by atoms with Crippen LogP contribution in [0.5, 0.6) is 5.75 Å². The highest BCUT2D eigenvalue weighted by molar-refractivity contribution is 5.86. The predicted molar refractivity (Wildman–Crippen MR) is 95.5 cm³/mol. The molecular formula is C19H19F3N2O4. The third kappa shape index (κ3) is 3.94. The van der Waals surface area contributed by atoms with E-state index in [2.05, 4.69) is 5.73 Å². The van der Waals surface area contributed by atoms with Crippen LogP contribution in [0.15, 0.2) is 36.4 Å². The number of carbonyl (C=O) groups excluding carboxylic acids is 2. The smallest absolute Gasteiger partial charge is 0.416 e. The Hall–Kier alpha value is -3.07. The van der Waals surface area contributed by atoms with Crippen LogP contribution in [0, 0.1) is 0 Å². The maximum absolute atomic E-state index is 12.9. The fourth-order valence-corrected chi connectivity index (χ4v) is 2.94. The normalized spacial score (nSPS) is 20.4. The van der Waals surface area contributed by atoms with E-state index in [1.54, 1.807) is 6.92 Å². The van der Waals surface area contributed by atoms with Gasteiger partial charge in [-0.2, -0.15) is 13.2 Å². The van der Waals surface area contributed by atoms with E-state index in [0.29, 0.717) is 11.8 Å². The van der Waals surface area contributed by atoms with E-state index in [-0.39, 0.29) is 28.5 Å². The molecule has 0 fully saturated rings. The molecule has 9 heteroatoms. The Morgan fingerprint density at radius 3 is 2.43 bits per heavy atom. The number of hydrogen-bond acceptors (Lipinski definition) is 5. The largest absolute Gasteiger partial charge is 0.457 e. The number of alkyl halides is 3. The van der Waals surface area contributed by atoms with E-state index < -0.39 is 23.4 Å². The van der Waals surface area contributed by atoms with Gasteiger partial charge in [-0.3, -0.25) is 9.59 Å². The Morgan fingerprint density at radius 1 is 1.29 bits per heavy atom. The van der Waals surface area contributed by atoms with Crippen molar-refractivity contribution in [1.29, 1.82) is 0 Å². The number of ether oxygens (including phenoxy) is 1. The number of amides is 1. The van der Waals surface area contributed by atoms with Crippen molar-refractivity contribution < 1.29 is 32.6 Å². The number of halogens is 3. The summed E-state index contributed by atoms with van der Waals surface area (Å²) in [7, 11) is 0. The van der Waals surface area contributed by atoms with Crippen LogP contribution in [-0.4, -0.2) is 17.3 Å². The zero-order valence-electron chi connectivity index (χ0n) is 15.1. The highest BCUT2D eigenvalue weighted by atomic mass is 19.4. The lowest BCUT2D eigenvalue weighted by Crippen LogP contribution is -2.35. The van der Waals surface area contributed by atoms with Crippen LogP contribution in [0.1, 0.15) is 46.8 Å². The minimum atomic E-state index is -4.52. The van der Waals surface area contributed by atoms with Crippen LogP contribution in [0.25, 0.3) is 0 Å². The van der Waals surface area contributed by atoms with E-state index in [1.165, 1.54) is 31.2 Å². The standard InChI is InChI=1S/C17H14F3NO3.C2H5NO/c1-9-11-6-5-10(17(18,19)20)7-15(11)24-16(9,23)13-3-2-4-14(21)12(13)8-22;1-2(3)4/h2-9,23H,21H2,1H3;1H3,(H2,3,4). The fraction of sp³-hybridized carbons (Fsp3) is 0.263. The lowest BCUT2D eigenvalue weighted by molar-refractivity contribution is -0.147. The molecule has 1 aliphatic heterocycles. The average molecular weight is 396 g/mol. The number of aldehydes is 1. The van der Waals surface area contributed by atoms with Crippen molar-refractivity contribution in [3.63, 3.8) is 0 Å². The number of anilines is 1. The summed E-state index contributed by atoms with van der Waals surface area (Å²) >= 11 is 0. The molecule has 150 valence electrons. The number of hydrogen-bond donors (Lipinski definition) is 3. The maximum Gasteiger partial charge on any atom is 0.416 e. The molecule has 0 bridgehead atoms. The lowest BCUT2D eigenvalue weighted by atomic mass is 9.86. The summed E-state index contributed by atoms with van der Waals surface area (Å²) in [6.45, 7) is 2.91. The van der Waals surface area contributed by atoms with E-state index >= 15 is 0 Å². The first-order chi connectivity index (χ1) is 12.9. The van der Waals surface area contributed by atoms with Crippen LogP contribution in [0.3, 0.4) is 0 Å². The molecule has 0 radical (unpaired) electrons. The minimum Gasteiger partial charge on any atom is -0.457 e. The topological polar surface area (TPSA) is 116 Å². The second-order valence-electron chi connectivity index (χ2n) is 6.31. The molecule has 28 heavy (non-hydrogen) atoms. The van der Waals surface area contributed by atoms with Gasteiger partial charge in [-0.25, -0.2) is 0 Å². The van der Waals surface area contributed by atoms with Crippen LogP contribution >= 0.6 is 0 Å². The SMILES string of the molecule is CC(N)=O.CC1c2ccc(C(F)(F)F)cc2OC1(O)c1cccc(N)c1C=O. The third-order valence-electron chi connectivity index (χ3n) is 4.30. The zero-order valence-corrected chi connectivity index (χ0v) is 15.1. The molecular weight excluding hydrogens is 377 g/mol. The Kier molecular flexibility index (Phi) is 5.70. The number of nitrogens with two attached hydrogens (primary N) is 2. The molecule has 1 aliphatic rings. The molecule has 0 aromatic heterocycles. The number of benzene rings is 2. The number of rotatable bonds is 2. The molecule has 0 saturated carbocycles. The van der Waals surface area contributed by atoms with Crippen molar-refractivity contribution in [3.05, 3.63) is 58.7 Å². The van der Waals surface area contributed by atoms with Gasteiger partial charge in [0.2, 0.25) is 11.7 Å². The summed E-state index contributed by atoms with van der Waals surface area (Å²) in [6, 6.07) is 7.54. The number of nitrogen functional groups attached to an aromatic ring is 1. The van der Waals surface area contributed by atoms with E-state index in [0.717, 1.165) is 12.1 Å². The molecule has 3 rings (SSSR count). The third-order valence-corrected chi connectivity index (χ3v) is 4.30. The van der Waals surface area contributed by atoms with Gasteiger partial charge < -0.3 is 21.3 Å². The molecule has 5 N–H and O–H groups in total. The second-order valence-corrected chi connectivity index (χ2v) is 6.31. The van der Waals surface area contributed by atoms with Gasteiger partial charge in [0, 0.05) is 29.3 Å². The maximum atomic E-state index is 12.9. The highest BCUT2D eigenvalue weighted by Crippen LogP contribution is 2.50. The summed E-state index contributed by atoms with van der Waals surface area (Å²) in [5, 5.41) is 11.0. The van der Waals surface area contributed by atoms with Gasteiger partial charge in [-0.1, -0.05) is 25.1 Å². The molecule has 2 unspecified atom stereocenters. The van der Waals surface area contributed by atoms with Crippen molar-refractivity contribution in [3.8, 4) is 5.75 Å². The van der Waals surface area contributed by atoms with Crippen LogP contribution in [0.2, 0.25) is 0 Å². The number of aliphatic hydroxyl groups is 1. The average Bonchev–Trinajstić information content (AvgIpc) is 2.85. The Balaban J connectivity index is 0.000000640. The van der Waals surface area contributed by atoms with Crippen LogP contribution < -0.4 is 16.2 Å². The van der Waals surface area contributed by atoms with E-state index in [1.807, 2.05) is 0 Å². The van der Waals surface area contributed by atoms with Crippen molar-refractivity contribution in [2.45, 2.75) is 31.7 Å². The van der Waals surface area contributed by atoms with Gasteiger partial charge in [0.05, 0.1) is 11.5 Å². The number of carbonyl (C=O) groups is 2. The van der Waals surface area contributed by atoms with Gasteiger partial charge in [0.25, 0.3) is 0 Å². The molecule has 2 aromatic carbocycles. The first kappa shape index (κ1) is 21.2. The van der Waals surface area contributed by atoms with E-state index in [9.17, 15) is 27.9 Å². The molecule has 1 heterocycles. The highest BCUT2D eigenvalue weighted by Gasteiger charge is 2.48. The Morgan fingerprint density at radius 2 is 1.89 bits per heavy atom. The van der Waals surface area contributed by atoms with Crippen LogP contribution in [-0.2, 0) is 16.8 Å². The molecule has 6 nitrogen and oxygen atoms in total. The van der Waals surface area contributed by atoms with Gasteiger partial charge >= 0.3 is 6.18 Å². The summed E-state index contributed by atoms with van der Waals surface area (Å²) in [5.74, 6) is -3.06. The predicted octanol–water partition coefficient (Wildman–Crippen LogP) is 2.93. The lowest BCUT2D eigenvalue weighted by Gasteiger charge is -2.28. The molecule has 2 aromatic rings. The molecule has 1 amide bonds. The van der Waals surface area contributed by atoms with Gasteiger partial charge in [0.1, 0.15) is 5.75 Å². The van der Waals surface area contributed by atoms with Crippen molar-refractivity contribution >= 4 is 17.9 Å². The van der Waals surface area contributed by atoms with Gasteiger partial charge in [-0.05, 0) is 18.2 Å². The Bertz CT molecular complexity index is 911. The fourth-order valence-electron chi connectivity index (χ4n) is 2.94. The van der Waals surface area contributed by atoms with E-state index in [4.69, 9.17) is 10.5 Å². The Labute approximate surface area is 158 Å². The quantitative estimate of drug-likeness (QED) is 0.533. The summed E-state index contributed by atoms with van der Waals surface area (Å²) in [5.41, 5.74) is 10.1. The summed E-state index contributed by atoms with van der Waals surface area (Å²) < 4.78 is 44.0. The summed E-state index contributed by atoms with van der Waals surface area (Å²) in [4.78, 5) is 20.5. The van der Waals surface area contributed by atoms with Crippen LogP contribution in [0.4, 0.5) is 18.9 Å². The van der Waals surface area contributed by atoms with Gasteiger partial charge in [0.15, 0.2) is 6.29 Å². The summed E-state index contributed by atoms with van der Waals surface area (Å²) in [6.07, 6.45) is -4.03. The first-order valence-corrected chi connectivity index (χ1v) is 8.14. The van der Waals surface area contributed by atoms with Crippen molar-refractivity contribution in [2.24, 2.45) is 5.73 Å². The molecule has 0 aliphatic carbocycles. The van der Waals surface area contributed by atoms with Gasteiger partial charge in [-0.15, -0.1) is 0 Å².